The Labute approximate surface area is 91.4 Å². The molecule has 0 aromatic rings. The summed E-state index contributed by atoms with van der Waals surface area (Å²) in [5, 5.41) is 2.40. The molecular formula is C8H19N3O3S. The first-order valence-electron chi connectivity index (χ1n) is 4.74. The third-order valence-electron chi connectivity index (χ3n) is 1.86. The van der Waals surface area contributed by atoms with Crippen LogP contribution in [-0.4, -0.2) is 57.2 Å². The monoisotopic (exact) mass is 237 g/mol. The van der Waals surface area contributed by atoms with Crippen molar-refractivity contribution in [2.75, 3.05) is 34.2 Å². The molecule has 0 aromatic heterocycles. The van der Waals surface area contributed by atoms with Crippen LogP contribution >= 0.6 is 0 Å². The summed E-state index contributed by atoms with van der Waals surface area (Å²) in [6.07, 6.45) is 0.671. The first-order valence-corrected chi connectivity index (χ1v) is 6.14. The molecule has 0 bridgehead atoms. The molecule has 0 radical (unpaired) electrons. The van der Waals surface area contributed by atoms with Gasteiger partial charge in [-0.25, -0.2) is 0 Å². The van der Waals surface area contributed by atoms with Gasteiger partial charge in [0, 0.05) is 27.7 Å². The summed E-state index contributed by atoms with van der Waals surface area (Å²) in [5.41, 5.74) is 0. The lowest BCUT2D eigenvalue weighted by atomic mass is 10.4. The van der Waals surface area contributed by atoms with Crippen LogP contribution in [0.2, 0.25) is 0 Å². The van der Waals surface area contributed by atoms with Gasteiger partial charge in [-0.15, -0.1) is 0 Å². The third-order valence-corrected chi connectivity index (χ3v) is 3.75. The number of carbonyl (C=O) groups excluding carboxylic acids is 1. The molecule has 0 aliphatic heterocycles. The molecule has 0 atom stereocenters. The molecule has 0 rings (SSSR count). The lowest BCUT2D eigenvalue weighted by Gasteiger charge is -2.24. The van der Waals surface area contributed by atoms with Gasteiger partial charge >= 0.3 is 0 Å². The third kappa shape index (κ3) is 4.15. The van der Waals surface area contributed by atoms with Crippen LogP contribution in [0, 0.1) is 0 Å². The van der Waals surface area contributed by atoms with E-state index in [4.69, 9.17) is 0 Å². The number of nitrogens with zero attached hydrogens (tertiary/aromatic N) is 2. The molecule has 0 heterocycles. The molecule has 0 spiro atoms. The Morgan fingerprint density at radius 1 is 1.33 bits per heavy atom. The number of likely N-dealkylation sites (N-methyl/N-ethyl adjacent to an activating group) is 1. The second-order valence-corrected chi connectivity index (χ2v) is 5.44. The summed E-state index contributed by atoms with van der Waals surface area (Å²) in [6, 6.07) is 0. The van der Waals surface area contributed by atoms with Crippen molar-refractivity contribution in [3.05, 3.63) is 0 Å². The second kappa shape index (κ2) is 6.04. The van der Waals surface area contributed by atoms with E-state index in [-0.39, 0.29) is 12.5 Å². The van der Waals surface area contributed by atoms with Crippen molar-refractivity contribution in [3.8, 4) is 0 Å². The molecule has 6 nitrogen and oxygen atoms in total. The van der Waals surface area contributed by atoms with E-state index in [1.54, 1.807) is 0 Å². The molecule has 7 heteroatoms. The Hall–Kier alpha value is -0.660. The van der Waals surface area contributed by atoms with E-state index in [1.165, 1.54) is 21.1 Å². The van der Waals surface area contributed by atoms with Gasteiger partial charge in [-0.05, 0) is 6.42 Å². The molecule has 15 heavy (non-hydrogen) atoms. The minimum absolute atomic E-state index is 0.134. The summed E-state index contributed by atoms with van der Waals surface area (Å²) >= 11 is 0. The van der Waals surface area contributed by atoms with E-state index in [0.717, 1.165) is 8.61 Å². The number of hydrogen-bond acceptors (Lipinski definition) is 3. The molecule has 0 saturated heterocycles. The highest BCUT2D eigenvalue weighted by Crippen LogP contribution is 2.04. The van der Waals surface area contributed by atoms with Gasteiger partial charge in [0.2, 0.25) is 5.91 Å². The van der Waals surface area contributed by atoms with Gasteiger partial charge in [-0.2, -0.15) is 17.0 Å². The molecule has 0 aromatic carbocycles. The molecule has 1 N–H and O–H groups in total. The zero-order chi connectivity index (χ0) is 12.1. The fourth-order valence-electron chi connectivity index (χ4n) is 0.996. The average Bonchev–Trinajstić information content (AvgIpc) is 2.16. The van der Waals surface area contributed by atoms with Crippen molar-refractivity contribution in [2.24, 2.45) is 0 Å². The molecule has 0 unspecified atom stereocenters. The standard InChI is InChI=1S/C8H19N3O3S/c1-5-6-11(7-8(12)9-2)15(13,14)10(3)4/h5-7H2,1-4H3,(H,9,12). The smallest absolute Gasteiger partial charge is 0.281 e. The maximum Gasteiger partial charge on any atom is 0.281 e. The van der Waals surface area contributed by atoms with E-state index in [0.29, 0.717) is 13.0 Å². The Morgan fingerprint density at radius 3 is 2.20 bits per heavy atom. The molecule has 0 aliphatic rings. The van der Waals surface area contributed by atoms with Gasteiger partial charge in [0.25, 0.3) is 10.2 Å². The maximum atomic E-state index is 11.7. The van der Waals surface area contributed by atoms with Crippen LogP contribution in [0.15, 0.2) is 0 Å². The molecular weight excluding hydrogens is 218 g/mol. The molecule has 0 aliphatic carbocycles. The lowest BCUT2D eigenvalue weighted by Crippen LogP contribution is -2.45. The molecule has 0 fully saturated rings. The molecule has 1 amide bonds. The number of nitrogens with one attached hydrogen (secondary N) is 1. The number of carbonyl (C=O) groups is 1. The first-order chi connectivity index (χ1) is 6.86. The quantitative estimate of drug-likeness (QED) is 0.661. The van der Waals surface area contributed by atoms with E-state index in [2.05, 4.69) is 5.32 Å². The van der Waals surface area contributed by atoms with Crippen molar-refractivity contribution in [1.29, 1.82) is 0 Å². The van der Waals surface area contributed by atoms with Gasteiger partial charge in [0.15, 0.2) is 0 Å². The van der Waals surface area contributed by atoms with Crippen LogP contribution in [0.4, 0.5) is 0 Å². The fraction of sp³-hybridized carbons (Fsp3) is 0.875. The van der Waals surface area contributed by atoms with Crippen molar-refractivity contribution in [1.82, 2.24) is 13.9 Å². The number of rotatable bonds is 6. The Kier molecular flexibility index (Phi) is 5.77. The largest absolute Gasteiger partial charge is 0.358 e. The highest BCUT2D eigenvalue weighted by molar-refractivity contribution is 7.86. The highest BCUT2D eigenvalue weighted by Gasteiger charge is 2.25. The van der Waals surface area contributed by atoms with Crippen LogP contribution in [0.1, 0.15) is 13.3 Å². The Bertz CT molecular complexity index is 300. The SMILES string of the molecule is CCCN(CC(=O)NC)S(=O)(=O)N(C)C. The summed E-state index contributed by atoms with van der Waals surface area (Å²) < 4.78 is 25.7. The second-order valence-electron chi connectivity index (χ2n) is 3.30. The van der Waals surface area contributed by atoms with Gasteiger partial charge in [0.05, 0.1) is 6.54 Å². The summed E-state index contributed by atoms with van der Waals surface area (Å²) in [4.78, 5) is 11.1. The Morgan fingerprint density at radius 2 is 1.87 bits per heavy atom. The topological polar surface area (TPSA) is 69.7 Å². The van der Waals surface area contributed by atoms with E-state index < -0.39 is 10.2 Å². The van der Waals surface area contributed by atoms with E-state index in [9.17, 15) is 13.2 Å². The van der Waals surface area contributed by atoms with Gasteiger partial charge in [-0.1, -0.05) is 6.92 Å². The molecule has 0 saturated carbocycles. The summed E-state index contributed by atoms with van der Waals surface area (Å²) in [5.74, 6) is -0.311. The highest BCUT2D eigenvalue weighted by atomic mass is 32.2. The summed E-state index contributed by atoms with van der Waals surface area (Å²) in [7, 11) is 0.873. The minimum atomic E-state index is -3.50. The normalized spacial score (nSPS) is 12.1. The predicted molar refractivity (Wildman–Crippen MR) is 58.5 cm³/mol. The van der Waals surface area contributed by atoms with Gasteiger partial charge in [-0.3, -0.25) is 4.79 Å². The maximum absolute atomic E-state index is 11.7. The van der Waals surface area contributed by atoms with Gasteiger partial charge < -0.3 is 5.32 Å². The Balaban J connectivity index is 4.74. The first kappa shape index (κ1) is 14.3. The zero-order valence-electron chi connectivity index (χ0n) is 9.65. The van der Waals surface area contributed by atoms with Crippen LogP contribution in [-0.2, 0) is 15.0 Å². The fourth-order valence-corrected chi connectivity index (χ4v) is 2.15. The van der Waals surface area contributed by atoms with Gasteiger partial charge in [0.1, 0.15) is 0 Å². The van der Waals surface area contributed by atoms with Crippen molar-refractivity contribution < 1.29 is 13.2 Å². The number of hydrogen-bond donors (Lipinski definition) is 1. The van der Waals surface area contributed by atoms with Crippen LogP contribution in [0.5, 0.6) is 0 Å². The van der Waals surface area contributed by atoms with Crippen LogP contribution < -0.4 is 5.32 Å². The summed E-state index contributed by atoms with van der Waals surface area (Å²) in [6.45, 7) is 2.07. The zero-order valence-corrected chi connectivity index (χ0v) is 10.5. The predicted octanol–water partition coefficient (Wildman–Crippen LogP) is -0.749. The van der Waals surface area contributed by atoms with Crippen LogP contribution in [0.25, 0.3) is 0 Å². The lowest BCUT2D eigenvalue weighted by molar-refractivity contribution is -0.120. The van der Waals surface area contributed by atoms with E-state index >= 15 is 0 Å². The van der Waals surface area contributed by atoms with E-state index in [1.807, 2.05) is 6.92 Å². The van der Waals surface area contributed by atoms with Crippen molar-refractivity contribution >= 4 is 16.1 Å². The minimum Gasteiger partial charge on any atom is -0.358 e. The van der Waals surface area contributed by atoms with Crippen LogP contribution in [0.3, 0.4) is 0 Å². The van der Waals surface area contributed by atoms with Crippen molar-refractivity contribution in [3.63, 3.8) is 0 Å². The molecule has 90 valence electrons. The average molecular weight is 237 g/mol. The van der Waals surface area contributed by atoms with Crippen molar-refractivity contribution in [2.45, 2.75) is 13.3 Å². The number of amides is 1.